The molecule has 1 aromatic heterocycles. The highest BCUT2D eigenvalue weighted by Crippen LogP contribution is 2.12. The lowest BCUT2D eigenvalue weighted by Crippen LogP contribution is -2.47. The Balaban J connectivity index is 2.70. The van der Waals surface area contributed by atoms with E-state index in [4.69, 9.17) is 0 Å². The molecule has 1 aromatic rings. The predicted molar refractivity (Wildman–Crippen MR) is 67.2 cm³/mol. The lowest BCUT2D eigenvalue weighted by molar-refractivity contribution is -0.130. The van der Waals surface area contributed by atoms with Gasteiger partial charge in [0.2, 0.25) is 5.91 Å². The molecule has 0 bridgehead atoms. The van der Waals surface area contributed by atoms with E-state index in [0.717, 1.165) is 5.56 Å². The van der Waals surface area contributed by atoms with Crippen LogP contribution in [-0.4, -0.2) is 40.1 Å². The first-order chi connectivity index (χ1) is 7.97. The summed E-state index contributed by atoms with van der Waals surface area (Å²) in [4.78, 5) is 17.3. The Kier molecular flexibility index (Phi) is 4.40. The molecule has 0 aliphatic rings. The van der Waals surface area contributed by atoms with Crippen molar-refractivity contribution in [1.82, 2.24) is 9.88 Å². The van der Waals surface area contributed by atoms with E-state index in [1.54, 1.807) is 25.5 Å². The minimum atomic E-state index is -0.559. The standard InChI is InChI=1S/C13H18N2O2/c1-13(2,10-16)15(3)12(17)7-6-11-5-4-8-14-9-11/h4-9,16H,10H2,1-3H3/b7-6+. The summed E-state index contributed by atoms with van der Waals surface area (Å²) >= 11 is 0. The molecule has 0 saturated heterocycles. The Bertz CT molecular complexity index is 399. The average Bonchev–Trinajstić information content (AvgIpc) is 2.36. The Morgan fingerprint density at radius 3 is 2.82 bits per heavy atom. The van der Waals surface area contributed by atoms with Crippen molar-refractivity contribution in [2.75, 3.05) is 13.7 Å². The molecular formula is C13H18N2O2. The van der Waals surface area contributed by atoms with Gasteiger partial charge < -0.3 is 10.0 Å². The van der Waals surface area contributed by atoms with E-state index < -0.39 is 5.54 Å². The molecule has 92 valence electrons. The number of aliphatic hydroxyl groups is 1. The van der Waals surface area contributed by atoms with Crippen LogP contribution in [0.2, 0.25) is 0 Å². The van der Waals surface area contributed by atoms with Gasteiger partial charge in [0.05, 0.1) is 12.1 Å². The van der Waals surface area contributed by atoms with Gasteiger partial charge >= 0.3 is 0 Å². The normalized spacial score (nSPS) is 11.8. The van der Waals surface area contributed by atoms with Crippen molar-refractivity contribution in [3.63, 3.8) is 0 Å². The van der Waals surface area contributed by atoms with Crippen molar-refractivity contribution in [2.24, 2.45) is 0 Å². The Hall–Kier alpha value is -1.68. The van der Waals surface area contributed by atoms with Crippen LogP contribution in [0.3, 0.4) is 0 Å². The van der Waals surface area contributed by atoms with E-state index in [-0.39, 0.29) is 12.5 Å². The van der Waals surface area contributed by atoms with Crippen LogP contribution in [0.15, 0.2) is 30.6 Å². The van der Waals surface area contributed by atoms with Crippen LogP contribution in [0, 0.1) is 0 Å². The molecule has 0 aromatic carbocycles. The number of carbonyl (C=O) groups is 1. The smallest absolute Gasteiger partial charge is 0.246 e. The number of pyridine rings is 1. The Labute approximate surface area is 102 Å². The van der Waals surface area contributed by atoms with E-state index >= 15 is 0 Å². The number of aliphatic hydroxyl groups excluding tert-OH is 1. The molecule has 4 nitrogen and oxygen atoms in total. The fourth-order valence-corrected chi connectivity index (χ4v) is 1.16. The van der Waals surface area contributed by atoms with Crippen molar-refractivity contribution in [3.05, 3.63) is 36.2 Å². The monoisotopic (exact) mass is 234 g/mol. The van der Waals surface area contributed by atoms with Crippen molar-refractivity contribution >= 4 is 12.0 Å². The summed E-state index contributed by atoms with van der Waals surface area (Å²) in [6.07, 6.45) is 6.55. The molecule has 1 amide bonds. The van der Waals surface area contributed by atoms with Crippen molar-refractivity contribution in [1.29, 1.82) is 0 Å². The van der Waals surface area contributed by atoms with Crippen molar-refractivity contribution < 1.29 is 9.90 Å². The zero-order valence-corrected chi connectivity index (χ0v) is 10.4. The second-order valence-corrected chi connectivity index (χ2v) is 4.49. The van der Waals surface area contributed by atoms with Crippen LogP contribution in [0.1, 0.15) is 19.4 Å². The van der Waals surface area contributed by atoms with Crippen molar-refractivity contribution in [3.8, 4) is 0 Å². The molecule has 17 heavy (non-hydrogen) atoms. The third kappa shape index (κ3) is 3.67. The molecule has 0 spiro atoms. The quantitative estimate of drug-likeness (QED) is 0.799. The molecule has 0 radical (unpaired) electrons. The molecule has 4 heteroatoms. The van der Waals surface area contributed by atoms with E-state index in [2.05, 4.69) is 4.98 Å². The molecule has 0 saturated carbocycles. The first kappa shape index (κ1) is 13.4. The lowest BCUT2D eigenvalue weighted by atomic mass is 10.1. The molecule has 1 N–H and O–H groups in total. The summed E-state index contributed by atoms with van der Waals surface area (Å²) in [5.41, 5.74) is 0.312. The number of hydrogen-bond acceptors (Lipinski definition) is 3. The summed E-state index contributed by atoms with van der Waals surface area (Å²) < 4.78 is 0. The topological polar surface area (TPSA) is 53.4 Å². The zero-order valence-electron chi connectivity index (χ0n) is 10.4. The van der Waals surface area contributed by atoms with Gasteiger partial charge in [0.25, 0.3) is 0 Å². The molecule has 0 unspecified atom stereocenters. The number of likely N-dealkylation sites (N-methyl/N-ethyl adjacent to an activating group) is 1. The summed E-state index contributed by atoms with van der Waals surface area (Å²) in [6, 6.07) is 3.68. The lowest BCUT2D eigenvalue weighted by Gasteiger charge is -2.33. The van der Waals surface area contributed by atoms with Gasteiger partial charge in [-0.15, -0.1) is 0 Å². The fourth-order valence-electron chi connectivity index (χ4n) is 1.16. The SMILES string of the molecule is CN(C(=O)/C=C/c1cccnc1)C(C)(C)CO. The van der Waals surface area contributed by atoms with Gasteiger partial charge in [0, 0.05) is 25.5 Å². The summed E-state index contributed by atoms with van der Waals surface area (Å²) in [5, 5.41) is 9.17. The number of amides is 1. The van der Waals surface area contributed by atoms with Crippen LogP contribution < -0.4 is 0 Å². The van der Waals surface area contributed by atoms with Gasteiger partial charge in [-0.05, 0) is 31.6 Å². The summed E-state index contributed by atoms with van der Waals surface area (Å²) in [5.74, 6) is -0.145. The molecule has 0 aliphatic carbocycles. The van der Waals surface area contributed by atoms with Gasteiger partial charge in [-0.2, -0.15) is 0 Å². The highest BCUT2D eigenvalue weighted by atomic mass is 16.3. The minimum Gasteiger partial charge on any atom is -0.394 e. The maximum atomic E-state index is 11.8. The molecule has 1 rings (SSSR count). The number of aromatic nitrogens is 1. The number of carbonyl (C=O) groups excluding carboxylic acids is 1. The maximum absolute atomic E-state index is 11.8. The third-order valence-corrected chi connectivity index (χ3v) is 2.73. The summed E-state index contributed by atoms with van der Waals surface area (Å²) in [7, 11) is 1.67. The van der Waals surface area contributed by atoms with E-state index in [1.807, 2.05) is 26.0 Å². The minimum absolute atomic E-state index is 0.0734. The van der Waals surface area contributed by atoms with Crippen LogP contribution >= 0.6 is 0 Å². The van der Waals surface area contributed by atoms with E-state index in [0.29, 0.717) is 0 Å². The first-order valence-corrected chi connectivity index (χ1v) is 5.44. The molecule has 0 fully saturated rings. The molecule has 0 aliphatic heterocycles. The molecular weight excluding hydrogens is 216 g/mol. The highest BCUT2D eigenvalue weighted by molar-refractivity contribution is 5.92. The number of hydrogen-bond donors (Lipinski definition) is 1. The van der Waals surface area contributed by atoms with Crippen LogP contribution in [-0.2, 0) is 4.79 Å². The van der Waals surface area contributed by atoms with Crippen LogP contribution in [0.4, 0.5) is 0 Å². The van der Waals surface area contributed by atoms with E-state index in [9.17, 15) is 9.90 Å². The summed E-state index contributed by atoms with van der Waals surface area (Å²) in [6.45, 7) is 3.54. The van der Waals surface area contributed by atoms with Crippen LogP contribution in [0.25, 0.3) is 6.08 Å². The molecule has 1 heterocycles. The van der Waals surface area contributed by atoms with Gasteiger partial charge in [-0.3, -0.25) is 9.78 Å². The van der Waals surface area contributed by atoms with Crippen LogP contribution in [0.5, 0.6) is 0 Å². The second kappa shape index (κ2) is 5.59. The van der Waals surface area contributed by atoms with Crippen molar-refractivity contribution in [2.45, 2.75) is 19.4 Å². The maximum Gasteiger partial charge on any atom is 0.246 e. The number of rotatable bonds is 4. The highest BCUT2D eigenvalue weighted by Gasteiger charge is 2.25. The fraction of sp³-hybridized carbons (Fsp3) is 0.385. The third-order valence-electron chi connectivity index (χ3n) is 2.73. The number of nitrogens with zero attached hydrogens (tertiary/aromatic N) is 2. The Morgan fingerprint density at radius 1 is 1.59 bits per heavy atom. The first-order valence-electron chi connectivity index (χ1n) is 5.44. The van der Waals surface area contributed by atoms with Gasteiger partial charge in [-0.25, -0.2) is 0 Å². The largest absolute Gasteiger partial charge is 0.394 e. The molecule has 0 atom stereocenters. The zero-order chi connectivity index (χ0) is 12.9. The van der Waals surface area contributed by atoms with Gasteiger partial charge in [-0.1, -0.05) is 6.07 Å². The second-order valence-electron chi connectivity index (χ2n) is 4.49. The van der Waals surface area contributed by atoms with E-state index in [1.165, 1.54) is 11.0 Å². The van der Waals surface area contributed by atoms with Gasteiger partial charge in [0.15, 0.2) is 0 Å². The Morgan fingerprint density at radius 2 is 2.29 bits per heavy atom. The average molecular weight is 234 g/mol. The predicted octanol–water partition coefficient (Wildman–Crippen LogP) is 1.32. The van der Waals surface area contributed by atoms with Gasteiger partial charge in [0.1, 0.15) is 0 Å².